The summed E-state index contributed by atoms with van der Waals surface area (Å²) in [7, 11) is 0. The van der Waals surface area contributed by atoms with E-state index in [9.17, 15) is 0 Å². The second-order valence-electron chi connectivity index (χ2n) is 6.53. The van der Waals surface area contributed by atoms with Crippen LogP contribution in [-0.2, 0) is 11.3 Å². The van der Waals surface area contributed by atoms with Gasteiger partial charge in [-0.05, 0) is 31.2 Å². The van der Waals surface area contributed by atoms with Crippen molar-refractivity contribution in [1.29, 1.82) is 0 Å². The Kier molecular flexibility index (Phi) is 4.74. The molecule has 1 aromatic carbocycles. The molecule has 0 heterocycles. The molecule has 3 rings (SSSR count). The summed E-state index contributed by atoms with van der Waals surface area (Å²) in [5, 5.41) is 3.71. The zero-order chi connectivity index (χ0) is 13.7. The molecule has 110 valence electrons. The Morgan fingerprint density at radius 2 is 1.70 bits per heavy atom. The van der Waals surface area contributed by atoms with Gasteiger partial charge >= 0.3 is 0 Å². The van der Waals surface area contributed by atoms with Gasteiger partial charge in [0.1, 0.15) is 0 Å². The fourth-order valence-electron chi connectivity index (χ4n) is 3.17. The molecular weight excluding hydrogens is 246 g/mol. The lowest BCUT2D eigenvalue weighted by atomic mass is 9.93. The molecule has 0 bridgehead atoms. The first-order valence-electron chi connectivity index (χ1n) is 8.28. The lowest BCUT2D eigenvalue weighted by molar-refractivity contribution is -0.0658. The summed E-state index contributed by atoms with van der Waals surface area (Å²) in [5.74, 6) is 0. The Hall–Kier alpha value is -0.860. The van der Waals surface area contributed by atoms with Gasteiger partial charge in [0, 0.05) is 12.6 Å². The topological polar surface area (TPSA) is 21.3 Å². The summed E-state index contributed by atoms with van der Waals surface area (Å²) in [6, 6.07) is 11.4. The van der Waals surface area contributed by atoms with Crippen molar-refractivity contribution in [2.75, 3.05) is 6.54 Å². The van der Waals surface area contributed by atoms with E-state index in [0.29, 0.717) is 0 Å². The Balaban J connectivity index is 1.60. The van der Waals surface area contributed by atoms with Crippen molar-refractivity contribution in [3.63, 3.8) is 0 Å². The highest BCUT2D eigenvalue weighted by Crippen LogP contribution is 2.32. The maximum Gasteiger partial charge on any atom is 0.0810 e. The second kappa shape index (κ2) is 6.73. The normalized spacial score (nSPS) is 22.4. The molecule has 0 saturated heterocycles. The molecule has 0 aliphatic heterocycles. The smallest absolute Gasteiger partial charge is 0.0810 e. The monoisotopic (exact) mass is 273 g/mol. The van der Waals surface area contributed by atoms with E-state index in [-0.39, 0.29) is 5.60 Å². The SMILES string of the molecule is c1ccc(COC2(CNC3CC3)CCCCCC2)cc1. The minimum atomic E-state index is 0.0783. The van der Waals surface area contributed by atoms with Crippen LogP contribution in [0.25, 0.3) is 0 Å². The number of hydrogen-bond acceptors (Lipinski definition) is 2. The van der Waals surface area contributed by atoms with E-state index < -0.39 is 0 Å². The number of hydrogen-bond donors (Lipinski definition) is 1. The van der Waals surface area contributed by atoms with E-state index in [4.69, 9.17) is 4.74 Å². The van der Waals surface area contributed by atoms with Gasteiger partial charge in [-0.3, -0.25) is 0 Å². The van der Waals surface area contributed by atoms with Gasteiger partial charge in [-0.25, -0.2) is 0 Å². The fourth-order valence-corrected chi connectivity index (χ4v) is 3.17. The summed E-state index contributed by atoms with van der Waals surface area (Å²) in [4.78, 5) is 0. The van der Waals surface area contributed by atoms with Crippen molar-refractivity contribution in [1.82, 2.24) is 5.32 Å². The second-order valence-corrected chi connectivity index (χ2v) is 6.53. The van der Waals surface area contributed by atoms with E-state index in [1.54, 1.807) is 0 Å². The molecule has 0 amide bonds. The predicted octanol–water partition coefficient (Wildman–Crippen LogP) is 4.05. The molecule has 2 heteroatoms. The Labute approximate surface area is 122 Å². The summed E-state index contributed by atoms with van der Waals surface area (Å²) in [6.45, 7) is 1.80. The minimum Gasteiger partial charge on any atom is -0.369 e. The van der Waals surface area contributed by atoms with Crippen molar-refractivity contribution < 1.29 is 4.74 Å². The van der Waals surface area contributed by atoms with Crippen molar-refractivity contribution in [3.05, 3.63) is 35.9 Å². The predicted molar refractivity (Wildman–Crippen MR) is 82.7 cm³/mol. The van der Waals surface area contributed by atoms with Crippen molar-refractivity contribution in [2.45, 2.75) is 69.6 Å². The molecule has 2 fully saturated rings. The largest absolute Gasteiger partial charge is 0.369 e. The molecule has 0 radical (unpaired) electrons. The Morgan fingerprint density at radius 3 is 2.35 bits per heavy atom. The highest BCUT2D eigenvalue weighted by Gasteiger charge is 2.34. The highest BCUT2D eigenvalue weighted by atomic mass is 16.5. The quantitative estimate of drug-likeness (QED) is 0.790. The first kappa shape index (κ1) is 14.1. The molecule has 0 unspecified atom stereocenters. The molecule has 20 heavy (non-hydrogen) atoms. The molecule has 2 nitrogen and oxygen atoms in total. The number of benzene rings is 1. The summed E-state index contributed by atoms with van der Waals surface area (Å²) >= 11 is 0. The van der Waals surface area contributed by atoms with Crippen LogP contribution in [0, 0.1) is 0 Å². The van der Waals surface area contributed by atoms with Gasteiger partial charge in [0.25, 0.3) is 0 Å². The molecule has 0 aromatic heterocycles. The Morgan fingerprint density at radius 1 is 1.00 bits per heavy atom. The summed E-state index contributed by atoms with van der Waals surface area (Å²) in [6.07, 6.45) is 10.5. The van der Waals surface area contributed by atoms with E-state index >= 15 is 0 Å². The van der Waals surface area contributed by atoms with Crippen LogP contribution in [-0.4, -0.2) is 18.2 Å². The zero-order valence-corrected chi connectivity index (χ0v) is 12.4. The van der Waals surface area contributed by atoms with Crippen LogP contribution in [0.5, 0.6) is 0 Å². The lowest BCUT2D eigenvalue weighted by Crippen LogP contribution is -2.43. The molecule has 0 spiro atoms. The standard InChI is InChI=1S/C18H27NO/c1-2-7-13-18(12-6-1,15-19-17-10-11-17)20-14-16-8-4-3-5-9-16/h3-5,8-9,17,19H,1-2,6-7,10-15H2. The van der Waals surface area contributed by atoms with Gasteiger partial charge in [-0.2, -0.15) is 0 Å². The van der Waals surface area contributed by atoms with Crippen LogP contribution < -0.4 is 5.32 Å². The molecule has 2 aliphatic rings. The third-order valence-corrected chi connectivity index (χ3v) is 4.69. The maximum atomic E-state index is 6.45. The maximum absolute atomic E-state index is 6.45. The molecular formula is C18H27NO. The van der Waals surface area contributed by atoms with Gasteiger partial charge in [-0.1, -0.05) is 56.0 Å². The van der Waals surface area contributed by atoms with Gasteiger partial charge in [-0.15, -0.1) is 0 Å². The van der Waals surface area contributed by atoms with Crippen molar-refractivity contribution in [2.24, 2.45) is 0 Å². The first-order valence-corrected chi connectivity index (χ1v) is 8.28. The Bertz CT molecular complexity index is 391. The third kappa shape index (κ3) is 4.07. The van der Waals surface area contributed by atoms with E-state index in [1.807, 2.05) is 0 Å². The van der Waals surface area contributed by atoms with Crippen LogP contribution in [0.3, 0.4) is 0 Å². The minimum absolute atomic E-state index is 0.0783. The average Bonchev–Trinajstić information content (AvgIpc) is 3.32. The van der Waals surface area contributed by atoms with Crippen LogP contribution in [0.2, 0.25) is 0 Å². The molecule has 1 aromatic rings. The first-order chi connectivity index (χ1) is 9.86. The van der Waals surface area contributed by atoms with Crippen molar-refractivity contribution >= 4 is 0 Å². The van der Waals surface area contributed by atoms with Crippen LogP contribution in [0.15, 0.2) is 30.3 Å². The summed E-state index contributed by atoms with van der Waals surface area (Å²) < 4.78 is 6.45. The molecule has 2 saturated carbocycles. The lowest BCUT2D eigenvalue weighted by Gasteiger charge is -2.33. The molecule has 2 aliphatic carbocycles. The highest BCUT2D eigenvalue weighted by molar-refractivity contribution is 5.13. The van der Waals surface area contributed by atoms with Crippen LogP contribution >= 0.6 is 0 Å². The van der Waals surface area contributed by atoms with E-state index in [2.05, 4.69) is 35.6 Å². The third-order valence-electron chi connectivity index (χ3n) is 4.69. The number of nitrogens with one attached hydrogen (secondary N) is 1. The fraction of sp³-hybridized carbons (Fsp3) is 0.667. The van der Waals surface area contributed by atoms with Crippen LogP contribution in [0.1, 0.15) is 56.9 Å². The molecule has 0 atom stereocenters. The summed E-state index contributed by atoms with van der Waals surface area (Å²) in [5.41, 5.74) is 1.37. The molecule has 1 N–H and O–H groups in total. The average molecular weight is 273 g/mol. The number of ether oxygens (including phenoxy) is 1. The van der Waals surface area contributed by atoms with Gasteiger partial charge in [0.2, 0.25) is 0 Å². The van der Waals surface area contributed by atoms with Crippen LogP contribution in [0.4, 0.5) is 0 Å². The van der Waals surface area contributed by atoms with E-state index in [0.717, 1.165) is 19.2 Å². The zero-order valence-electron chi connectivity index (χ0n) is 12.4. The van der Waals surface area contributed by atoms with E-state index in [1.165, 1.54) is 56.9 Å². The van der Waals surface area contributed by atoms with Gasteiger partial charge in [0.15, 0.2) is 0 Å². The van der Waals surface area contributed by atoms with Crippen molar-refractivity contribution in [3.8, 4) is 0 Å². The number of rotatable bonds is 6. The van der Waals surface area contributed by atoms with Gasteiger partial charge in [0.05, 0.1) is 12.2 Å². The van der Waals surface area contributed by atoms with Gasteiger partial charge < -0.3 is 10.1 Å².